The van der Waals surface area contributed by atoms with Crippen molar-refractivity contribution in [1.82, 2.24) is 20.1 Å². The van der Waals surface area contributed by atoms with Crippen LogP contribution >= 0.6 is 0 Å². The minimum absolute atomic E-state index is 0.214. The Bertz CT molecular complexity index is 621. The molecule has 2 rings (SSSR count). The van der Waals surface area contributed by atoms with E-state index < -0.39 is 0 Å². The number of nitrogens with two attached hydrogens (primary N) is 1. The fourth-order valence-electron chi connectivity index (χ4n) is 2.00. The molecule has 0 spiro atoms. The second kappa shape index (κ2) is 5.70. The van der Waals surface area contributed by atoms with E-state index in [9.17, 15) is 4.79 Å². The summed E-state index contributed by atoms with van der Waals surface area (Å²) >= 11 is 0. The number of benzene rings is 1. The molecule has 0 saturated heterocycles. The Morgan fingerprint density at radius 3 is 2.80 bits per heavy atom. The second-order valence-electron chi connectivity index (χ2n) is 4.69. The zero-order chi connectivity index (χ0) is 14.7. The van der Waals surface area contributed by atoms with Gasteiger partial charge in [0, 0.05) is 7.05 Å². The highest BCUT2D eigenvalue weighted by Gasteiger charge is 2.17. The van der Waals surface area contributed by atoms with Gasteiger partial charge in [-0.25, -0.2) is 0 Å². The third-order valence-electron chi connectivity index (χ3n) is 3.06. The second-order valence-corrected chi connectivity index (χ2v) is 4.69. The average molecular weight is 274 g/mol. The van der Waals surface area contributed by atoms with Crippen LogP contribution in [0.5, 0.6) is 0 Å². The Labute approximate surface area is 117 Å². The molecule has 1 unspecified atom stereocenters. The lowest BCUT2D eigenvalue weighted by atomic mass is 10.1. The molecule has 0 radical (unpaired) electrons. The number of nitrogen functional groups attached to an aromatic ring is 1. The molecule has 2 aromatic rings. The highest BCUT2D eigenvalue weighted by Crippen LogP contribution is 2.18. The maximum atomic E-state index is 12.3. The molecule has 0 aliphatic heterocycles. The van der Waals surface area contributed by atoms with Gasteiger partial charge < -0.3 is 15.3 Å². The van der Waals surface area contributed by atoms with E-state index >= 15 is 0 Å². The molecule has 1 atom stereocenters. The Morgan fingerprint density at radius 1 is 1.45 bits per heavy atom. The van der Waals surface area contributed by atoms with E-state index in [1.54, 1.807) is 17.0 Å². The molecular weight excluding hydrogens is 256 g/mol. The van der Waals surface area contributed by atoms with Gasteiger partial charge in [-0.15, -0.1) is 10.2 Å². The van der Waals surface area contributed by atoms with Crippen LogP contribution in [0, 0.1) is 6.92 Å². The summed E-state index contributed by atoms with van der Waals surface area (Å²) in [4.78, 5) is 12.3. The topological polar surface area (TPSA) is 97.9 Å². The summed E-state index contributed by atoms with van der Waals surface area (Å²) in [6, 6.07) is 5.18. The van der Waals surface area contributed by atoms with Gasteiger partial charge in [-0.1, -0.05) is 6.07 Å². The third kappa shape index (κ3) is 2.77. The molecule has 106 valence electrons. The molecule has 7 nitrogen and oxygen atoms in total. The third-order valence-corrected chi connectivity index (χ3v) is 3.06. The number of nitrogens with zero attached hydrogens (tertiary/aromatic N) is 3. The monoisotopic (exact) mass is 274 g/mol. The molecule has 0 bridgehead atoms. The maximum Gasteiger partial charge on any atom is 0.254 e. The van der Waals surface area contributed by atoms with Gasteiger partial charge in [0.25, 0.3) is 5.91 Å². The van der Waals surface area contributed by atoms with E-state index in [1.165, 1.54) is 0 Å². The fourth-order valence-corrected chi connectivity index (χ4v) is 2.00. The van der Waals surface area contributed by atoms with Crippen molar-refractivity contribution in [3.05, 3.63) is 41.5 Å². The zero-order valence-corrected chi connectivity index (χ0v) is 11.7. The molecule has 7 heteroatoms. The van der Waals surface area contributed by atoms with Crippen LogP contribution in [0.3, 0.4) is 0 Å². The Hall–Kier alpha value is -2.41. The van der Waals surface area contributed by atoms with Gasteiger partial charge in [-0.05, 0) is 31.5 Å². The first-order valence-corrected chi connectivity index (χ1v) is 6.25. The molecule has 0 fully saturated rings. The van der Waals surface area contributed by atoms with Gasteiger partial charge in [0.1, 0.15) is 6.33 Å². The molecule has 1 aromatic heterocycles. The average Bonchev–Trinajstić information content (AvgIpc) is 2.84. The number of carbonyl (C=O) groups excluding carboxylic acids is 1. The van der Waals surface area contributed by atoms with Crippen LogP contribution in [-0.4, -0.2) is 20.7 Å². The molecule has 20 heavy (non-hydrogen) atoms. The van der Waals surface area contributed by atoms with Crippen molar-refractivity contribution in [3.63, 3.8) is 0 Å². The molecular formula is C13H18N6O. The Balaban J connectivity index is 2.18. The van der Waals surface area contributed by atoms with Crippen LogP contribution in [0.2, 0.25) is 0 Å². The maximum absolute atomic E-state index is 12.3. The molecule has 1 aromatic carbocycles. The Morgan fingerprint density at radius 2 is 2.20 bits per heavy atom. The summed E-state index contributed by atoms with van der Waals surface area (Å²) in [7, 11) is 1.83. The number of rotatable bonds is 4. The number of hydrazine groups is 1. The van der Waals surface area contributed by atoms with Crippen LogP contribution in [0.1, 0.15) is 34.7 Å². The summed E-state index contributed by atoms with van der Waals surface area (Å²) < 4.78 is 1.77. The van der Waals surface area contributed by atoms with Gasteiger partial charge in [0.15, 0.2) is 5.82 Å². The van der Waals surface area contributed by atoms with Crippen LogP contribution in [0.25, 0.3) is 0 Å². The van der Waals surface area contributed by atoms with Crippen LogP contribution in [0.4, 0.5) is 5.69 Å². The predicted octanol–water partition coefficient (Wildman–Crippen LogP) is 0.900. The van der Waals surface area contributed by atoms with E-state index in [0.29, 0.717) is 17.1 Å². The number of amides is 1. The number of aromatic nitrogens is 3. The number of aryl methyl sites for hydroxylation is 2. The van der Waals surface area contributed by atoms with Gasteiger partial charge in [0.05, 0.1) is 17.3 Å². The van der Waals surface area contributed by atoms with Gasteiger partial charge in [-0.2, -0.15) is 0 Å². The van der Waals surface area contributed by atoms with Crippen molar-refractivity contribution >= 4 is 11.6 Å². The number of carbonyl (C=O) groups is 1. The van der Waals surface area contributed by atoms with Crippen LogP contribution in [0.15, 0.2) is 24.5 Å². The van der Waals surface area contributed by atoms with Crippen molar-refractivity contribution in [1.29, 1.82) is 0 Å². The van der Waals surface area contributed by atoms with E-state index in [-0.39, 0.29) is 11.9 Å². The lowest BCUT2D eigenvalue weighted by Crippen LogP contribution is -2.29. The number of nitrogens with one attached hydrogen (secondary N) is 2. The van der Waals surface area contributed by atoms with E-state index in [1.807, 2.05) is 33.0 Å². The van der Waals surface area contributed by atoms with Crippen LogP contribution < -0.4 is 16.6 Å². The first-order valence-electron chi connectivity index (χ1n) is 6.25. The van der Waals surface area contributed by atoms with E-state index in [4.69, 9.17) is 5.84 Å². The van der Waals surface area contributed by atoms with Crippen molar-refractivity contribution in [2.75, 3.05) is 5.43 Å². The lowest BCUT2D eigenvalue weighted by Gasteiger charge is -2.15. The minimum Gasteiger partial charge on any atom is -0.342 e. The summed E-state index contributed by atoms with van der Waals surface area (Å²) in [6.45, 7) is 3.79. The van der Waals surface area contributed by atoms with E-state index in [0.717, 1.165) is 5.56 Å². The number of hydrogen-bond acceptors (Lipinski definition) is 5. The summed E-state index contributed by atoms with van der Waals surface area (Å²) in [5.74, 6) is 5.92. The number of anilines is 1. The standard InChI is InChI=1S/C13H18N6O/c1-8-4-5-10(11(6-8)17-14)13(20)16-9(2)12-18-15-7-19(12)3/h4-7,9,17H,14H2,1-3H3,(H,16,20). The summed E-state index contributed by atoms with van der Waals surface area (Å²) in [6.07, 6.45) is 1.59. The zero-order valence-electron chi connectivity index (χ0n) is 11.7. The first kappa shape index (κ1) is 14.0. The van der Waals surface area contributed by atoms with Crippen molar-refractivity contribution in [2.45, 2.75) is 19.9 Å². The molecule has 0 aliphatic carbocycles. The lowest BCUT2D eigenvalue weighted by molar-refractivity contribution is 0.0938. The normalized spacial score (nSPS) is 12.0. The van der Waals surface area contributed by atoms with Crippen molar-refractivity contribution in [3.8, 4) is 0 Å². The van der Waals surface area contributed by atoms with Gasteiger partial charge in [-0.3, -0.25) is 10.6 Å². The SMILES string of the molecule is Cc1ccc(C(=O)NC(C)c2nncn2C)c(NN)c1. The predicted molar refractivity (Wildman–Crippen MR) is 75.9 cm³/mol. The van der Waals surface area contributed by atoms with Crippen LogP contribution in [-0.2, 0) is 7.05 Å². The molecule has 4 N–H and O–H groups in total. The smallest absolute Gasteiger partial charge is 0.254 e. The van der Waals surface area contributed by atoms with Gasteiger partial charge >= 0.3 is 0 Å². The van der Waals surface area contributed by atoms with Gasteiger partial charge in [0.2, 0.25) is 0 Å². The molecule has 1 heterocycles. The summed E-state index contributed by atoms with van der Waals surface area (Å²) in [5.41, 5.74) is 4.65. The number of hydrogen-bond donors (Lipinski definition) is 3. The van der Waals surface area contributed by atoms with Crippen molar-refractivity contribution in [2.24, 2.45) is 12.9 Å². The largest absolute Gasteiger partial charge is 0.342 e. The molecule has 0 saturated carbocycles. The Kier molecular flexibility index (Phi) is 3.99. The minimum atomic E-state index is -0.248. The quantitative estimate of drug-likeness (QED) is 0.568. The van der Waals surface area contributed by atoms with E-state index in [2.05, 4.69) is 20.9 Å². The molecule has 0 aliphatic rings. The van der Waals surface area contributed by atoms with Crippen molar-refractivity contribution < 1.29 is 4.79 Å². The first-order chi connectivity index (χ1) is 9.52. The summed E-state index contributed by atoms with van der Waals surface area (Å²) in [5, 5.41) is 10.7. The molecule has 1 amide bonds. The highest BCUT2D eigenvalue weighted by atomic mass is 16.1. The highest BCUT2D eigenvalue weighted by molar-refractivity contribution is 5.99. The fraction of sp³-hybridized carbons (Fsp3) is 0.308.